The number of hydrogen-bond donors (Lipinski definition) is 1. The first-order valence-electron chi connectivity index (χ1n) is 4.21. The number of unbranched alkanes of at least 4 members (excludes halogenated alkanes) is 1. The molecule has 0 spiro atoms. The summed E-state index contributed by atoms with van der Waals surface area (Å²) >= 11 is 0. The molecule has 0 rings (SSSR count). The highest BCUT2D eigenvalue weighted by Crippen LogP contribution is 2.03. The lowest BCUT2D eigenvalue weighted by Crippen LogP contribution is -2.05. The van der Waals surface area contributed by atoms with Crippen molar-refractivity contribution in [3.8, 4) is 0 Å². The largest absolute Gasteiger partial charge is 0.392 e. The van der Waals surface area contributed by atoms with Gasteiger partial charge in [0.25, 0.3) is 0 Å². The summed E-state index contributed by atoms with van der Waals surface area (Å²) < 4.78 is 0. The molecule has 0 aliphatic heterocycles. The van der Waals surface area contributed by atoms with Crippen LogP contribution >= 0.6 is 0 Å². The summed E-state index contributed by atoms with van der Waals surface area (Å²) in [7, 11) is 2.00. The third kappa shape index (κ3) is 4.42. The molecule has 0 aromatic heterocycles. The SMILES string of the molecule is CC/C=C(\CCCC)NC. The minimum Gasteiger partial charge on any atom is -0.392 e. The van der Waals surface area contributed by atoms with E-state index in [0.717, 1.165) is 6.42 Å². The second kappa shape index (κ2) is 6.66. The molecule has 1 nitrogen and oxygen atoms in total. The summed E-state index contributed by atoms with van der Waals surface area (Å²) in [4.78, 5) is 0. The molecule has 0 heterocycles. The maximum Gasteiger partial charge on any atom is 0.00634 e. The summed E-state index contributed by atoms with van der Waals surface area (Å²) in [5.74, 6) is 0. The highest BCUT2D eigenvalue weighted by Gasteiger charge is 1.89. The van der Waals surface area contributed by atoms with Gasteiger partial charge >= 0.3 is 0 Å². The Balaban J connectivity index is 3.49. The van der Waals surface area contributed by atoms with E-state index in [9.17, 15) is 0 Å². The van der Waals surface area contributed by atoms with E-state index < -0.39 is 0 Å². The first kappa shape index (κ1) is 9.54. The molecule has 1 heteroatoms. The van der Waals surface area contributed by atoms with Crippen molar-refractivity contribution >= 4 is 0 Å². The van der Waals surface area contributed by atoms with Gasteiger partial charge in [0.15, 0.2) is 0 Å². The van der Waals surface area contributed by atoms with Crippen LogP contribution in [0.15, 0.2) is 11.8 Å². The van der Waals surface area contributed by atoms with Gasteiger partial charge in [-0.25, -0.2) is 0 Å². The molecule has 0 bridgehead atoms. The molecule has 0 aliphatic carbocycles. The molecule has 0 radical (unpaired) electrons. The van der Waals surface area contributed by atoms with Crippen LogP contribution in [-0.4, -0.2) is 7.05 Å². The predicted molar refractivity (Wildman–Crippen MR) is 47.0 cm³/mol. The number of nitrogens with one attached hydrogen (secondary N) is 1. The first-order chi connectivity index (χ1) is 4.85. The van der Waals surface area contributed by atoms with E-state index >= 15 is 0 Å². The van der Waals surface area contributed by atoms with Gasteiger partial charge in [0, 0.05) is 12.7 Å². The van der Waals surface area contributed by atoms with Crippen molar-refractivity contribution in [3.63, 3.8) is 0 Å². The van der Waals surface area contributed by atoms with Crippen LogP contribution in [0.1, 0.15) is 39.5 Å². The molecule has 10 heavy (non-hydrogen) atoms. The topological polar surface area (TPSA) is 12.0 Å². The van der Waals surface area contributed by atoms with Gasteiger partial charge < -0.3 is 5.32 Å². The lowest BCUT2D eigenvalue weighted by Gasteiger charge is -2.04. The Morgan fingerprint density at radius 2 is 2.10 bits per heavy atom. The van der Waals surface area contributed by atoms with E-state index in [-0.39, 0.29) is 0 Å². The Kier molecular flexibility index (Phi) is 6.35. The second-order valence-corrected chi connectivity index (χ2v) is 2.49. The Morgan fingerprint density at radius 3 is 2.50 bits per heavy atom. The van der Waals surface area contributed by atoms with Crippen LogP contribution in [0.3, 0.4) is 0 Å². The monoisotopic (exact) mass is 141 g/mol. The van der Waals surface area contributed by atoms with Gasteiger partial charge in [-0.2, -0.15) is 0 Å². The smallest absolute Gasteiger partial charge is 0.00634 e. The molecule has 1 N–H and O–H groups in total. The Morgan fingerprint density at radius 1 is 1.40 bits per heavy atom. The van der Waals surface area contributed by atoms with Crippen LogP contribution in [0.4, 0.5) is 0 Å². The summed E-state index contributed by atoms with van der Waals surface area (Å²) in [6.07, 6.45) is 7.19. The van der Waals surface area contributed by atoms with E-state index in [1.165, 1.54) is 25.0 Å². The minimum atomic E-state index is 1.14. The summed E-state index contributed by atoms with van der Waals surface area (Å²) in [6, 6.07) is 0. The van der Waals surface area contributed by atoms with Crippen LogP contribution in [0.5, 0.6) is 0 Å². The second-order valence-electron chi connectivity index (χ2n) is 2.49. The molecule has 0 aromatic rings. The average molecular weight is 141 g/mol. The lowest BCUT2D eigenvalue weighted by molar-refractivity contribution is 0.739. The molecule has 60 valence electrons. The van der Waals surface area contributed by atoms with Crippen LogP contribution in [0, 0.1) is 0 Å². The Labute approximate surface area is 64.5 Å². The van der Waals surface area contributed by atoms with Crippen molar-refractivity contribution in [1.82, 2.24) is 5.32 Å². The van der Waals surface area contributed by atoms with Crippen LogP contribution in [0.25, 0.3) is 0 Å². The third-order valence-electron chi connectivity index (χ3n) is 1.57. The fourth-order valence-corrected chi connectivity index (χ4v) is 0.943. The molecule has 0 atom stereocenters. The molecule has 0 amide bonds. The number of hydrogen-bond acceptors (Lipinski definition) is 1. The minimum absolute atomic E-state index is 1.14. The summed E-state index contributed by atoms with van der Waals surface area (Å²) in [6.45, 7) is 4.39. The molecular formula is C9H19N. The predicted octanol–water partition coefficient (Wildman–Crippen LogP) is 2.69. The van der Waals surface area contributed by atoms with Crippen molar-refractivity contribution in [1.29, 1.82) is 0 Å². The summed E-state index contributed by atoms with van der Waals surface area (Å²) in [5.41, 5.74) is 1.39. The van der Waals surface area contributed by atoms with Crippen LogP contribution < -0.4 is 5.32 Å². The van der Waals surface area contributed by atoms with Gasteiger partial charge in [-0.1, -0.05) is 26.3 Å². The van der Waals surface area contributed by atoms with Crippen molar-refractivity contribution in [2.24, 2.45) is 0 Å². The maximum absolute atomic E-state index is 3.20. The zero-order valence-corrected chi connectivity index (χ0v) is 7.41. The lowest BCUT2D eigenvalue weighted by atomic mass is 10.2. The summed E-state index contributed by atoms with van der Waals surface area (Å²) in [5, 5.41) is 3.20. The highest BCUT2D eigenvalue weighted by atomic mass is 14.8. The van der Waals surface area contributed by atoms with Gasteiger partial charge in [-0.3, -0.25) is 0 Å². The van der Waals surface area contributed by atoms with E-state index in [1.807, 2.05) is 7.05 Å². The molecule has 0 fully saturated rings. The Bertz CT molecular complexity index is 94.9. The van der Waals surface area contributed by atoms with Gasteiger partial charge in [0.05, 0.1) is 0 Å². The molecule has 0 unspecified atom stereocenters. The van der Waals surface area contributed by atoms with Crippen LogP contribution in [0.2, 0.25) is 0 Å². The van der Waals surface area contributed by atoms with Crippen LogP contribution in [-0.2, 0) is 0 Å². The number of allylic oxidation sites excluding steroid dienone is 2. The zero-order chi connectivity index (χ0) is 7.82. The first-order valence-corrected chi connectivity index (χ1v) is 4.21. The molecule has 0 aliphatic rings. The molecule has 0 saturated carbocycles. The fraction of sp³-hybridized carbons (Fsp3) is 0.778. The van der Waals surface area contributed by atoms with E-state index in [0.29, 0.717) is 0 Å². The van der Waals surface area contributed by atoms with E-state index in [4.69, 9.17) is 0 Å². The Hall–Kier alpha value is -0.460. The molecule has 0 aromatic carbocycles. The highest BCUT2D eigenvalue weighted by molar-refractivity contribution is 4.97. The molecule has 0 saturated heterocycles. The number of rotatable bonds is 5. The standard InChI is InChI=1S/C9H19N/c1-4-6-8-9(10-3)7-5-2/h7,10H,4-6,8H2,1-3H3/b9-7+. The third-order valence-corrected chi connectivity index (χ3v) is 1.57. The normalized spacial score (nSPS) is 11.7. The van der Waals surface area contributed by atoms with Gasteiger partial charge in [-0.05, 0) is 19.3 Å². The van der Waals surface area contributed by atoms with Crippen molar-refractivity contribution < 1.29 is 0 Å². The van der Waals surface area contributed by atoms with E-state index in [2.05, 4.69) is 25.2 Å². The quantitative estimate of drug-likeness (QED) is 0.620. The van der Waals surface area contributed by atoms with Gasteiger partial charge in [0.2, 0.25) is 0 Å². The van der Waals surface area contributed by atoms with Crippen molar-refractivity contribution in [3.05, 3.63) is 11.8 Å². The molecular weight excluding hydrogens is 122 g/mol. The van der Waals surface area contributed by atoms with Crippen molar-refractivity contribution in [2.75, 3.05) is 7.05 Å². The zero-order valence-electron chi connectivity index (χ0n) is 7.41. The van der Waals surface area contributed by atoms with E-state index in [1.54, 1.807) is 0 Å². The maximum atomic E-state index is 3.20. The average Bonchev–Trinajstić information content (AvgIpc) is 1.98. The van der Waals surface area contributed by atoms with Gasteiger partial charge in [0.1, 0.15) is 0 Å². The fourth-order valence-electron chi connectivity index (χ4n) is 0.943. The van der Waals surface area contributed by atoms with Crippen molar-refractivity contribution in [2.45, 2.75) is 39.5 Å². The van der Waals surface area contributed by atoms with Gasteiger partial charge in [-0.15, -0.1) is 0 Å².